The van der Waals surface area contributed by atoms with Crippen LogP contribution in [0.15, 0.2) is 0 Å². The number of carboxylic acid groups (broad SMARTS) is 1. The second kappa shape index (κ2) is 5.14. The maximum Gasteiger partial charge on any atom is 0.303 e. The lowest BCUT2D eigenvalue weighted by Crippen LogP contribution is -2.55. The van der Waals surface area contributed by atoms with Crippen molar-refractivity contribution in [3.05, 3.63) is 0 Å². The highest BCUT2D eigenvalue weighted by atomic mass is 16.4. The molecule has 4 heteroatoms. The van der Waals surface area contributed by atoms with Crippen molar-refractivity contribution in [1.29, 1.82) is 0 Å². The second-order valence-electron chi connectivity index (χ2n) is 6.61. The molecule has 3 aliphatic rings. The van der Waals surface area contributed by atoms with Crippen LogP contribution in [0.4, 0.5) is 0 Å². The average molecular weight is 265 g/mol. The fourth-order valence-corrected chi connectivity index (χ4v) is 3.72. The summed E-state index contributed by atoms with van der Waals surface area (Å²) >= 11 is 0. The Labute approximate surface area is 114 Å². The topological polar surface area (TPSA) is 57.6 Å². The highest BCUT2D eigenvalue weighted by Gasteiger charge is 2.44. The van der Waals surface area contributed by atoms with Crippen LogP contribution >= 0.6 is 0 Å². The van der Waals surface area contributed by atoms with E-state index in [2.05, 4.69) is 0 Å². The monoisotopic (exact) mass is 265 g/mol. The molecule has 1 saturated heterocycles. The largest absolute Gasteiger partial charge is 0.481 e. The molecule has 0 spiro atoms. The summed E-state index contributed by atoms with van der Waals surface area (Å²) in [5.74, 6) is 1.27. The van der Waals surface area contributed by atoms with Gasteiger partial charge in [0.05, 0.1) is 6.42 Å². The zero-order chi connectivity index (χ0) is 13.4. The Morgan fingerprint density at radius 2 is 1.58 bits per heavy atom. The summed E-state index contributed by atoms with van der Waals surface area (Å²) < 4.78 is 0. The molecular weight excluding hydrogens is 242 g/mol. The van der Waals surface area contributed by atoms with E-state index in [1.165, 1.54) is 38.5 Å². The first-order valence-corrected chi connectivity index (χ1v) is 7.65. The second-order valence-corrected chi connectivity index (χ2v) is 6.61. The predicted molar refractivity (Wildman–Crippen MR) is 70.5 cm³/mol. The molecule has 2 aliphatic carbocycles. The molecule has 0 radical (unpaired) electrons. The van der Waals surface area contributed by atoms with Gasteiger partial charge < -0.3 is 10.0 Å². The number of amides is 1. The van der Waals surface area contributed by atoms with Gasteiger partial charge in [-0.2, -0.15) is 0 Å². The van der Waals surface area contributed by atoms with Crippen molar-refractivity contribution in [2.75, 3.05) is 13.1 Å². The van der Waals surface area contributed by atoms with E-state index in [4.69, 9.17) is 5.11 Å². The number of aliphatic carboxylic acids is 1. The van der Waals surface area contributed by atoms with Gasteiger partial charge in [0.1, 0.15) is 0 Å². The minimum absolute atomic E-state index is 0.185. The smallest absolute Gasteiger partial charge is 0.303 e. The van der Waals surface area contributed by atoms with Gasteiger partial charge in [0.25, 0.3) is 0 Å². The lowest BCUT2D eigenvalue weighted by molar-refractivity contribution is -0.152. The summed E-state index contributed by atoms with van der Waals surface area (Å²) in [5, 5.41) is 8.75. The maximum atomic E-state index is 12.6. The van der Waals surface area contributed by atoms with Gasteiger partial charge in [0, 0.05) is 24.9 Å². The third-order valence-corrected chi connectivity index (χ3v) is 5.33. The minimum atomic E-state index is -0.744. The van der Waals surface area contributed by atoms with Gasteiger partial charge in [-0.1, -0.05) is 12.8 Å². The van der Waals surface area contributed by atoms with Gasteiger partial charge in [-0.3, -0.25) is 9.59 Å². The third-order valence-electron chi connectivity index (χ3n) is 5.33. The van der Waals surface area contributed by atoms with Crippen molar-refractivity contribution in [3.8, 4) is 0 Å². The third kappa shape index (κ3) is 2.49. The first-order chi connectivity index (χ1) is 9.15. The Bertz CT molecular complexity index is 354. The number of carbonyl (C=O) groups excluding carboxylic acids is 1. The SMILES string of the molecule is O=C(O)CC1CN(C(=O)C(C2CCC2)C2CCC2)C1. The maximum absolute atomic E-state index is 12.6. The normalized spacial score (nSPS) is 24.8. The first-order valence-electron chi connectivity index (χ1n) is 7.65. The zero-order valence-corrected chi connectivity index (χ0v) is 11.4. The first kappa shape index (κ1) is 12.9. The van der Waals surface area contributed by atoms with E-state index in [0.717, 1.165) is 0 Å². The quantitative estimate of drug-likeness (QED) is 0.828. The molecule has 0 atom stereocenters. The molecule has 1 amide bonds. The highest BCUT2D eigenvalue weighted by Crippen LogP contribution is 2.45. The van der Waals surface area contributed by atoms with Crippen molar-refractivity contribution >= 4 is 11.9 Å². The number of rotatable bonds is 5. The number of hydrogen-bond donors (Lipinski definition) is 1. The van der Waals surface area contributed by atoms with Crippen molar-refractivity contribution in [1.82, 2.24) is 4.90 Å². The Balaban J connectivity index is 1.54. The highest BCUT2D eigenvalue weighted by molar-refractivity contribution is 5.81. The Hall–Kier alpha value is -1.06. The average Bonchev–Trinajstić information content (AvgIpc) is 2.15. The van der Waals surface area contributed by atoms with Crippen LogP contribution in [0, 0.1) is 23.7 Å². The van der Waals surface area contributed by atoms with Crippen molar-refractivity contribution in [3.63, 3.8) is 0 Å². The molecule has 1 heterocycles. The molecular formula is C15H23NO3. The lowest BCUT2D eigenvalue weighted by Gasteiger charge is -2.47. The summed E-state index contributed by atoms with van der Waals surface area (Å²) in [6.45, 7) is 1.34. The summed E-state index contributed by atoms with van der Waals surface area (Å²) in [7, 11) is 0. The molecule has 2 saturated carbocycles. The van der Waals surface area contributed by atoms with Gasteiger partial charge >= 0.3 is 5.97 Å². The summed E-state index contributed by atoms with van der Waals surface area (Å²) in [6.07, 6.45) is 7.66. The van der Waals surface area contributed by atoms with Gasteiger partial charge in [-0.25, -0.2) is 0 Å². The Morgan fingerprint density at radius 1 is 1.05 bits per heavy atom. The van der Waals surface area contributed by atoms with E-state index in [9.17, 15) is 9.59 Å². The van der Waals surface area contributed by atoms with E-state index in [0.29, 0.717) is 30.8 Å². The van der Waals surface area contributed by atoms with Crippen LogP contribution in [-0.2, 0) is 9.59 Å². The molecule has 1 N–H and O–H groups in total. The van der Waals surface area contributed by atoms with E-state index in [1.54, 1.807) is 0 Å². The molecule has 106 valence electrons. The minimum Gasteiger partial charge on any atom is -0.481 e. The van der Waals surface area contributed by atoms with Crippen molar-refractivity contribution < 1.29 is 14.7 Å². The van der Waals surface area contributed by atoms with E-state index < -0.39 is 5.97 Å². The zero-order valence-electron chi connectivity index (χ0n) is 11.4. The standard InChI is InChI=1S/C15H23NO3/c17-13(18)7-10-8-16(9-10)15(19)14(11-3-1-4-11)12-5-2-6-12/h10-12,14H,1-9H2,(H,17,18). The number of carbonyl (C=O) groups is 2. The molecule has 0 aromatic rings. The summed E-state index contributed by atoms with van der Waals surface area (Å²) in [6, 6.07) is 0. The van der Waals surface area contributed by atoms with Crippen molar-refractivity contribution in [2.45, 2.75) is 44.9 Å². The molecule has 3 fully saturated rings. The fourth-order valence-electron chi connectivity index (χ4n) is 3.72. The van der Waals surface area contributed by atoms with E-state index in [1.807, 2.05) is 4.90 Å². The van der Waals surface area contributed by atoms with Gasteiger partial charge in [-0.05, 0) is 37.5 Å². The molecule has 3 rings (SSSR count). The number of hydrogen-bond acceptors (Lipinski definition) is 2. The number of likely N-dealkylation sites (tertiary alicyclic amines) is 1. The van der Waals surface area contributed by atoms with Crippen molar-refractivity contribution in [2.24, 2.45) is 23.7 Å². The molecule has 4 nitrogen and oxygen atoms in total. The number of carboxylic acids is 1. The van der Waals surface area contributed by atoms with Crippen LogP contribution in [0.1, 0.15) is 44.9 Å². The van der Waals surface area contributed by atoms with Gasteiger partial charge in [0.2, 0.25) is 5.91 Å². The number of nitrogens with zero attached hydrogens (tertiary/aromatic N) is 1. The molecule has 19 heavy (non-hydrogen) atoms. The van der Waals surface area contributed by atoms with Crippen LogP contribution in [-0.4, -0.2) is 35.0 Å². The van der Waals surface area contributed by atoms with Crippen LogP contribution in [0.5, 0.6) is 0 Å². The van der Waals surface area contributed by atoms with Gasteiger partial charge in [-0.15, -0.1) is 0 Å². The Kier molecular flexibility index (Phi) is 3.50. The summed E-state index contributed by atoms with van der Waals surface area (Å²) in [4.78, 5) is 25.2. The molecule has 0 aromatic heterocycles. The van der Waals surface area contributed by atoms with Crippen LogP contribution < -0.4 is 0 Å². The summed E-state index contributed by atoms with van der Waals surface area (Å²) in [5.41, 5.74) is 0. The van der Waals surface area contributed by atoms with Crippen LogP contribution in [0.2, 0.25) is 0 Å². The van der Waals surface area contributed by atoms with Crippen LogP contribution in [0.3, 0.4) is 0 Å². The van der Waals surface area contributed by atoms with Crippen LogP contribution in [0.25, 0.3) is 0 Å². The predicted octanol–water partition coefficient (Wildman–Crippen LogP) is 2.14. The van der Waals surface area contributed by atoms with E-state index >= 15 is 0 Å². The molecule has 0 bridgehead atoms. The molecule has 0 aromatic carbocycles. The van der Waals surface area contributed by atoms with Gasteiger partial charge in [0.15, 0.2) is 0 Å². The Morgan fingerprint density at radius 3 is 1.95 bits per heavy atom. The van der Waals surface area contributed by atoms with E-state index in [-0.39, 0.29) is 18.3 Å². The molecule has 0 unspecified atom stereocenters. The lowest BCUT2D eigenvalue weighted by atomic mass is 9.64. The molecule has 1 aliphatic heterocycles. The fraction of sp³-hybridized carbons (Fsp3) is 0.867.